The minimum Gasteiger partial charge on any atom is -0.311 e. The van der Waals surface area contributed by atoms with Gasteiger partial charge in [-0.2, -0.15) is 0 Å². The SMILES string of the molecule is c1ccc(-c2cc3c4c(c2)-n2c5ccccc5c5c6c7ccccc7n(-c7ccccc7)c6cc(c52)B4c2cc4c(cc2N3c2ccccc2-c2ccccc2)c2ccccc2n4-c2ccccc2)cc1. The van der Waals surface area contributed by atoms with E-state index in [9.17, 15) is 0 Å². The minimum absolute atomic E-state index is 0.127. The Morgan fingerprint density at radius 1 is 0.282 bits per heavy atom. The first-order chi connectivity index (χ1) is 35.3. The third kappa shape index (κ3) is 5.29. The van der Waals surface area contributed by atoms with Gasteiger partial charge in [0, 0.05) is 66.3 Å². The highest BCUT2D eigenvalue weighted by molar-refractivity contribution is 7.00. The summed E-state index contributed by atoms with van der Waals surface area (Å²) in [5, 5.41) is 7.56. The molecule has 0 saturated heterocycles. The molecule has 4 nitrogen and oxygen atoms in total. The van der Waals surface area contributed by atoms with Crippen molar-refractivity contribution in [3.8, 4) is 39.3 Å². The molecule has 0 spiro atoms. The Morgan fingerprint density at radius 2 is 0.789 bits per heavy atom. The van der Waals surface area contributed by atoms with Crippen LogP contribution in [0.15, 0.2) is 249 Å². The second kappa shape index (κ2) is 14.6. The van der Waals surface area contributed by atoms with Gasteiger partial charge in [0.05, 0.1) is 38.8 Å². The average molecular weight is 901 g/mol. The fourth-order valence-corrected chi connectivity index (χ4v) is 12.8. The van der Waals surface area contributed by atoms with Crippen LogP contribution in [0.5, 0.6) is 0 Å². The lowest BCUT2D eigenvalue weighted by Crippen LogP contribution is -2.60. The second-order valence-corrected chi connectivity index (χ2v) is 19.2. The molecular weight excluding hydrogens is 860 g/mol. The molecule has 0 saturated carbocycles. The van der Waals surface area contributed by atoms with E-state index in [2.05, 4.69) is 267 Å². The topological polar surface area (TPSA) is 18.0 Å². The maximum Gasteiger partial charge on any atom is 0.252 e. The Balaban J connectivity index is 1.14. The van der Waals surface area contributed by atoms with E-state index < -0.39 is 0 Å². The summed E-state index contributed by atoms with van der Waals surface area (Å²) in [7, 11) is 0. The number of anilines is 3. The molecule has 0 unspecified atom stereocenters. The van der Waals surface area contributed by atoms with Crippen molar-refractivity contribution in [2.45, 2.75) is 0 Å². The van der Waals surface area contributed by atoms with Crippen LogP contribution in [0.4, 0.5) is 17.1 Å². The fraction of sp³-hybridized carbons (Fsp3) is 0. The lowest BCUT2D eigenvalue weighted by atomic mass is 9.33. The van der Waals surface area contributed by atoms with Gasteiger partial charge >= 0.3 is 0 Å². The third-order valence-electron chi connectivity index (χ3n) is 15.6. The van der Waals surface area contributed by atoms with Crippen molar-refractivity contribution in [1.29, 1.82) is 0 Å². The molecule has 0 N–H and O–H groups in total. The van der Waals surface area contributed by atoms with Crippen molar-refractivity contribution < 1.29 is 0 Å². The van der Waals surface area contributed by atoms with Crippen LogP contribution in [0.1, 0.15) is 0 Å². The first kappa shape index (κ1) is 38.6. The lowest BCUT2D eigenvalue weighted by molar-refractivity contribution is 1.17. The van der Waals surface area contributed by atoms with Crippen LogP contribution < -0.4 is 21.3 Å². The summed E-state index contributed by atoms with van der Waals surface area (Å²) in [6.07, 6.45) is 0. The zero-order chi connectivity index (χ0) is 46.3. The first-order valence-corrected chi connectivity index (χ1v) is 24.6. The Bertz CT molecular complexity index is 4510. The van der Waals surface area contributed by atoms with E-state index in [1.165, 1.54) is 121 Å². The summed E-state index contributed by atoms with van der Waals surface area (Å²) >= 11 is 0. The van der Waals surface area contributed by atoms with Crippen LogP contribution in [0.25, 0.3) is 105 Å². The van der Waals surface area contributed by atoms with Crippen LogP contribution in [-0.2, 0) is 0 Å². The van der Waals surface area contributed by atoms with E-state index in [0.717, 1.165) is 17.1 Å². The van der Waals surface area contributed by atoms with Crippen molar-refractivity contribution in [1.82, 2.24) is 13.7 Å². The molecule has 328 valence electrons. The highest BCUT2D eigenvalue weighted by Crippen LogP contribution is 2.49. The number of hydrogen-bond acceptors (Lipinski definition) is 1. The molecule has 0 amide bonds. The smallest absolute Gasteiger partial charge is 0.252 e. The summed E-state index contributed by atoms with van der Waals surface area (Å²) in [6.45, 7) is -0.127. The third-order valence-corrected chi connectivity index (χ3v) is 15.6. The quantitative estimate of drug-likeness (QED) is 0.157. The number of benzene rings is 11. The molecule has 71 heavy (non-hydrogen) atoms. The summed E-state index contributed by atoms with van der Waals surface area (Å²) in [5.74, 6) is 0. The van der Waals surface area contributed by atoms with Crippen molar-refractivity contribution in [2.75, 3.05) is 4.90 Å². The molecule has 16 rings (SSSR count). The fourth-order valence-electron chi connectivity index (χ4n) is 12.8. The molecule has 0 radical (unpaired) electrons. The summed E-state index contributed by atoms with van der Waals surface area (Å²) in [6, 6.07) is 92.4. The molecule has 2 aliphatic rings. The van der Waals surface area contributed by atoms with E-state index in [1.807, 2.05) is 0 Å². The molecule has 2 aliphatic heterocycles. The van der Waals surface area contributed by atoms with Crippen molar-refractivity contribution in [3.63, 3.8) is 0 Å². The monoisotopic (exact) mass is 900 g/mol. The van der Waals surface area contributed by atoms with Crippen molar-refractivity contribution in [2.24, 2.45) is 0 Å². The van der Waals surface area contributed by atoms with Gasteiger partial charge in [-0.25, -0.2) is 0 Å². The summed E-state index contributed by atoms with van der Waals surface area (Å²) in [4.78, 5) is 2.61. The highest BCUT2D eigenvalue weighted by Gasteiger charge is 2.44. The van der Waals surface area contributed by atoms with E-state index in [1.54, 1.807) is 0 Å². The molecule has 5 heterocycles. The van der Waals surface area contributed by atoms with Crippen molar-refractivity contribution >= 4 is 106 Å². The predicted molar refractivity (Wildman–Crippen MR) is 300 cm³/mol. The van der Waals surface area contributed by atoms with Gasteiger partial charge in [0.2, 0.25) is 0 Å². The molecule has 11 aromatic carbocycles. The second-order valence-electron chi connectivity index (χ2n) is 19.2. The van der Waals surface area contributed by atoms with Gasteiger partial charge in [-0.05, 0) is 112 Å². The zero-order valence-corrected chi connectivity index (χ0v) is 38.5. The highest BCUT2D eigenvalue weighted by atomic mass is 15.2. The van der Waals surface area contributed by atoms with Gasteiger partial charge in [-0.15, -0.1) is 0 Å². The van der Waals surface area contributed by atoms with Gasteiger partial charge in [0.15, 0.2) is 0 Å². The molecular formula is C66H41BN4. The Morgan fingerprint density at radius 3 is 1.48 bits per heavy atom. The summed E-state index contributed by atoms with van der Waals surface area (Å²) < 4.78 is 7.61. The number of aromatic nitrogens is 3. The van der Waals surface area contributed by atoms with Gasteiger partial charge < -0.3 is 18.6 Å². The van der Waals surface area contributed by atoms with Crippen LogP contribution in [0, 0.1) is 0 Å². The molecule has 3 aromatic heterocycles. The van der Waals surface area contributed by atoms with Gasteiger partial charge in [-0.1, -0.05) is 170 Å². The summed E-state index contributed by atoms with van der Waals surface area (Å²) in [5.41, 5.74) is 22.9. The van der Waals surface area contributed by atoms with Crippen LogP contribution in [0.3, 0.4) is 0 Å². The zero-order valence-electron chi connectivity index (χ0n) is 38.5. The van der Waals surface area contributed by atoms with Crippen LogP contribution in [0.2, 0.25) is 0 Å². The Kier molecular flexibility index (Phi) is 7.94. The number of rotatable bonds is 5. The standard InChI is InChI=1S/C66H41BN4/c1-5-21-42(22-6-1)44-37-61-65-62(38-44)71-57-36-20-16-32-50(57)64-63-49-31-15-19-35-56(49)69(46-27-11-4-12-28-46)60(63)41-53(66(64)71)67(65)52-40-58-51(48-30-14-18-34-55(48)68(58)45-25-9-3-10-26-45)39-59(52)70(61)54-33-17-13-29-47(54)43-23-7-2-8-24-43/h1-41H. The van der Waals surface area contributed by atoms with Gasteiger partial charge in [-0.3, -0.25) is 0 Å². The lowest BCUT2D eigenvalue weighted by Gasteiger charge is -2.41. The molecule has 0 atom stereocenters. The first-order valence-electron chi connectivity index (χ1n) is 24.6. The minimum atomic E-state index is -0.127. The Labute approximate surface area is 410 Å². The molecule has 0 aliphatic carbocycles. The Hall–Kier alpha value is -9.32. The van der Waals surface area contributed by atoms with Crippen molar-refractivity contribution in [3.05, 3.63) is 249 Å². The maximum atomic E-state index is 2.63. The molecule has 0 bridgehead atoms. The van der Waals surface area contributed by atoms with E-state index in [0.29, 0.717) is 0 Å². The molecule has 0 fully saturated rings. The maximum absolute atomic E-state index is 2.63. The van der Waals surface area contributed by atoms with E-state index in [4.69, 9.17) is 0 Å². The number of para-hydroxylation sites is 6. The number of nitrogens with zero attached hydrogens (tertiary/aromatic N) is 4. The van der Waals surface area contributed by atoms with E-state index in [-0.39, 0.29) is 6.71 Å². The van der Waals surface area contributed by atoms with E-state index >= 15 is 0 Å². The molecule has 14 aromatic rings. The largest absolute Gasteiger partial charge is 0.311 e. The molecule has 5 heteroatoms. The predicted octanol–water partition coefficient (Wildman–Crippen LogP) is 14.9. The van der Waals surface area contributed by atoms with Gasteiger partial charge in [0.25, 0.3) is 6.71 Å². The average Bonchev–Trinajstić information content (AvgIpc) is 4.09. The van der Waals surface area contributed by atoms with Gasteiger partial charge in [0.1, 0.15) is 0 Å². The van der Waals surface area contributed by atoms with Crippen LogP contribution in [-0.4, -0.2) is 20.4 Å². The number of hydrogen-bond donors (Lipinski definition) is 0. The normalized spacial score (nSPS) is 12.7. The number of fused-ring (bicyclic) bond motifs is 14. The van der Waals surface area contributed by atoms with Crippen LogP contribution >= 0.6 is 0 Å².